The summed E-state index contributed by atoms with van der Waals surface area (Å²) in [6.07, 6.45) is -4.64. The van der Waals surface area contributed by atoms with Crippen molar-refractivity contribution in [3.8, 4) is 90.3 Å². The average molecular weight is 1040 g/mol. The summed E-state index contributed by atoms with van der Waals surface area (Å²) in [4.78, 5) is 0. The number of nitriles is 2. The summed E-state index contributed by atoms with van der Waals surface area (Å²) < 4.78 is 47.2. The van der Waals surface area contributed by atoms with Gasteiger partial charge in [-0.2, -0.15) is 23.7 Å². The first-order chi connectivity index (χ1) is 38.8. The van der Waals surface area contributed by atoms with Gasteiger partial charge >= 0.3 is 6.18 Å². The van der Waals surface area contributed by atoms with E-state index < -0.39 is 11.7 Å². The van der Waals surface area contributed by atoms with Gasteiger partial charge in [-0.25, -0.2) is 0 Å². The van der Waals surface area contributed by atoms with Gasteiger partial charge in [0.25, 0.3) is 0 Å². The lowest BCUT2D eigenvalue weighted by Crippen LogP contribution is -2.05. The Kier molecular flexibility index (Phi) is 11.9. The highest BCUT2D eigenvalue weighted by atomic mass is 19.4. The van der Waals surface area contributed by atoms with Crippen LogP contribution in [0.4, 0.5) is 13.2 Å². The Balaban J connectivity index is 1.11. The van der Waals surface area contributed by atoms with Crippen LogP contribution in [0.25, 0.3) is 122 Å². The normalized spacial score (nSPS) is 11.7. The van der Waals surface area contributed by atoms with E-state index in [0.29, 0.717) is 22.4 Å². The van der Waals surface area contributed by atoms with Crippen molar-refractivity contribution in [3.05, 3.63) is 263 Å². The lowest BCUT2D eigenvalue weighted by Gasteiger charge is -2.20. The molecule has 0 saturated heterocycles. The molecule has 2 aromatic heterocycles. The van der Waals surface area contributed by atoms with E-state index in [0.717, 1.165) is 128 Å². The second kappa shape index (κ2) is 19.4. The third-order valence-electron chi connectivity index (χ3n) is 15.7. The van der Waals surface area contributed by atoms with Crippen molar-refractivity contribution in [3.63, 3.8) is 0 Å². The quantitative estimate of drug-likeness (QED) is 0.152. The Hall–Kier alpha value is -10.2. The summed E-state index contributed by atoms with van der Waals surface area (Å²) in [6, 6.07) is 79.9. The summed E-state index contributed by atoms with van der Waals surface area (Å²) in [5, 5.41) is 25.4. The molecule has 0 atom stereocenters. The molecule has 382 valence electrons. The fourth-order valence-electron chi connectivity index (χ4n) is 11.5. The summed E-state index contributed by atoms with van der Waals surface area (Å²) in [7, 11) is 0. The van der Waals surface area contributed by atoms with Crippen LogP contribution in [0.3, 0.4) is 0 Å². The van der Waals surface area contributed by atoms with Gasteiger partial charge in [-0.05, 0) is 168 Å². The first kappa shape index (κ1) is 49.4. The second-order valence-corrected chi connectivity index (χ2v) is 21.0. The zero-order valence-corrected chi connectivity index (χ0v) is 44.3. The third-order valence-corrected chi connectivity index (χ3v) is 15.7. The molecular formula is C73H49F3N4. The molecule has 0 saturated carbocycles. The molecule has 0 aliphatic heterocycles. The van der Waals surface area contributed by atoms with E-state index in [1.807, 2.05) is 36.4 Å². The van der Waals surface area contributed by atoms with E-state index in [1.165, 1.54) is 17.2 Å². The van der Waals surface area contributed by atoms with Crippen LogP contribution < -0.4 is 0 Å². The fraction of sp³-hybridized carbons (Fsp3) is 0.0685. The van der Waals surface area contributed by atoms with Gasteiger partial charge in [-0.3, -0.25) is 0 Å². The number of hydrogen-bond donors (Lipinski definition) is 0. The van der Waals surface area contributed by atoms with Gasteiger partial charge in [0, 0.05) is 32.7 Å². The van der Waals surface area contributed by atoms with Gasteiger partial charge in [0.1, 0.15) is 0 Å². The molecule has 0 N–H and O–H groups in total. The van der Waals surface area contributed by atoms with E-state index in [4.69, 9.17) is 0 Å². The van der Waals surface area contributed by atoms with Crippen LogP contribution in [0.1, 0.15) is 38.9 Å². The van der Waals surface area contributed by atoms with Gasteiger partial charge in [0.2, 0.25) is 0 Å². The van der Waals surface area contributed by atoms with Gasteiger partial charge < -0.3 is 9.13 Å². The van der Waals surface area contributed by atoms with Crippen molar-refractivity contribution in [1.82, 2.24) is 9.13 Å². The molecule has 0 unspecified atom stereocenters. The fourth-order valence-corrected chi connectivity index (χ4v) is 11.5. The maximum atomic E-state index is 14.2. The van der Waals surface area contributed by atoms with Crippen molar-refractivity contribution in [2.24, 2.45) is 0 Å². The Bertz CT molecular complexity index is 4510. The van der Waals surface area contributed by atoms with E-state index in [-0.39, 0.29) is 5.56 Å². The highest BCUT2D eigenvalue weighted by Crippen LogP contribution is 2.46. The molecule has 80 heavy (non-hydrogen) atoms. The first-order valence-electron chi connectivity index (χ1n) is 26.6. The minimum Gasteiger partial charge on any atom is -0.309 e. The lowest BCUT2D eigenvalue weighted by molar-refractivity contribution is -0.137. The maximum Gasteiger partial charge on any atom is 0.416 e. The zero-order chi connectivity index (χ0) is 55.0. The monoisotopic (exact) mass is 1040 g/mol. The smallest absolute Gasteiger partial charge is 0.309 e. The summed E-state index contributed by atoms with van der Waals surface area (Å²) in [6.45, 7) is 8.33. The highest BCUT2D eigenvalue weighted by Gasteiger charge is 2.31. The van der Waals surface area contributed by atoms with Crippen molar-refractivity contribution in [1.29, 1.82) is 10.5 Å². The maximum absolute atomic E-state index is 14.2. The number of halogens is 3. The molecule has 2 heterocycles. The molecule has 7 heteroatoms. The Morgan fingerprint density at radius 3 is 1.05 bits per heavy atom. The molecule has 0 aliphatic carbocycles. The number of hydrogen-bond acceptors (Lipinski definition) is 2. The topological polar surface area (TPSA) is 57.4 Å². The molecule has 0 bridgehead atoms. The predicted octanol–water partition coefficient (Wildman–Crippen LogP) is 19.9. The number of aryl methyl sites for hydroxylation is 4. The van der Waals surface area contributed by atoms with Crippen LogP contribution in [0.5, 0.6) is 0 Å². The standard InChI is InChI=1S/C73H49F3N4/c1-44-5-14-49(15-6-44)53-23-31-68-63(37-53)64-38-54(50-16-7-45(2)8-17-50)24-32-69(64)79(68)67-30-13-48(42-77)35-62(67)61-28-22-57(60-29-27-59(73(74,75)76)36-58(60)43-78)41-72(61)80-70-33-25-55(51-18-9-46(3)10-19-51)39-65(70)66-40-56(26-34-71(66)80)52-20-11-47(4)12-21-52/h5-41H,1-4H3. The van der Waals surface area contributed by atoms with Crippen LogP contribution in [-0.2, 0) is 6.18 Å². The van der Waals surface area contributed by atoms with Crippen molar-refractivity contribution >= 4 is 43.6 Å². The molecule has 0 radical (unpaired) electrons. The number of benzene rings is 11. The van der Waals surface area contributed by atoms with E-state index in [2.05, 4.69) is 219 Å². The number of rotatable bonds is 8. The van der Waals surface area contributed by atoms with Gasteiger partial charge in [-0.15, -0.1) is 0 Å². The first-order valence-corrected chi connectivity index (χ1v) is 26.6. The van der Waals surface area contributed by atoms with Crippen LogP contribution in [0.2, 0.25) is 0 Å². The van der Waals surface area contributed by atoms with Crippen molar-refractivity contribution in [2.75, 3.05) is 0 Å². The number of fused-ring (bicyclic) bond motifs is 6. The van der Waals surface area contributed by atoms with Crippen molar-refractivity contribution < 1.29 is 13.2 Å². The second-order valence-electron chi connectivity index (χ2n) is 21.0. The van der Waals surface area contributed by atoms with Gasteiger partial charge in [-0.1, -0.05) is 162 Å². The SMILES string of the molecule is Cc1ccc(-c2ccc3c(c2)c2cc(-c4ccc(C)cc4)ccc2n3-c2ccc(C#N)cc2-c2ccc(-c3ccc(C(F)(F)F)cc3C#N)cc2-n2c3ccc(-c4ccc(C)cc4)cc3c3cc(-c4ccc(C)cc4)ccc32)cc1. The third kappa shape index (κ3) is 8.67. The molecule has 13 aromatic rings. The molecular weight excluding hydrogens is 990 g/mol. The van der Waals surface area contributed by atoms with Crippen LogP contribution >= 0.6 is 0 Å². The van der Waals surface area contributed by atoms with Gasteiger partial charge in [0.05, 0.1) is 62.3 Å². The molecule has 13 rings (SSSR count). The summed E-state index contributed by atoms with van der Waals surface area (Å²) >= 11 is 0. The van der Waals surface area contributed by atoms with Gasteiger partial charge in [0.15, 0.2) is 0 Å². The summed E-state index contributed by atoms with van der Waals surface area (Å²) in [5.74, 6) is 0. The van der Waals surface area contributed by atoms with E-state index >= 15 is 0 Å². The lowest BCUT2D eigenvalue weighted by atomic mass is 9.93. The number of alkyl halides is 3. The van der Waals surface area contributed by atoms with Crippen molar-refractivity contribution in [2.45, 2.75) is 33.9 Å². The molecule has 0 spiro atoms. The number of aromatic nitrogens is 2. The Labute approximate surface area is 461 Å². The summed E-state index contributed by atoms with van der Waals surface area (Å²) in [5.41, 5.74) is 20.4. The molecule has 0 amide bonds. The van der Waals surface area contributed by atoms with Crippen LogP contribution in [-0.4, -0.2) is 9.13 Å². The van der Waals surface area contributed by atoms with Crippen LogP contribution in [0, 0.1) is 50.4 Å². The van der Waals surface area contributed by atoms with Crippen LogP contribution in [0.15, 0.2) is 224 Å². The molecule has 0 fully saturated rings. The molecule has 4 nitrogen and oxygen atoms in total. The largest absolute Gasteiger partial charge is 0.416 e. The Morgan fingerprint density at radius 1 is 0.312 bits per heavy atom. The van der Waals surface area contributed by atoms with E-state index in [9.17, 15) is 23.7 Å². The Morgan fingerprint density at radius 2 is 0.675 bits per heavy atom. The minimum absolute atomic E-state index is 0.0984. The minimum atomic E-state index is -4.64. The highest BCUT2D eigenvalue weighted by molar-refractivity contribution is 6.14. The van der Waals surface area contributed by atoms with E-state index in [1.54, 1.807) is 0 Å². The zero-order valence-electron chi connectivity index (χ0n) is 44.3. The molecule has 11 aromatic carbocycles. The average Bonchev–Trinajstić information content (AvgIpc) is 4.07. The predicted molar refractivity (Wildman–Crippen MR) is 321 cm³/mol. The number of nitrogens with zero attached hydrogens (tertiary/aromatic N) is 4. The molecule has 0 aliphatic rings.